The van der Waals surface area contributed by atoms with Gasteiger partial charge in [0.1, 0.15) is 12.4 Å². The largest absolute Gasteiger partial charge is 0.490 e. The first-order valence-corrected chi connectivity index (χ1v) is 9.66. The number of rotatable bonds is 7. The summed E-state index contributed by atoms with van der Waals surface area (Å²) in [7, 11) is 0. The molecule has 1 aromatic rings. The van der Waals surface area contributed by atoms with Gasteiger partial charge in [0, 0.05) is 19.4 Å². The van der Waals surface area contributed by atoms with Crippen molar-refractivity contribution in [2.75, 3.05) is 44.2 Å². The molecule has 0 unspecified atom stereocenters. The maximum atomic E-state index is 12.6. The number of fused-ring (bicyclic) bond motifs is 1. The fourth-order valence-electron chi connectivity index (χ4n) is 3.57. The highest BCUT2D eigenvalue weighted by atomic mass is 16.5. The Morgan fingerprint density at radius 2 is 1.96 bits per heavy atom. The van der Waals surface area contributed by atoms with E-state index in [1.807, 2.05) is 25.1 Å². The van der Waals surface area contributed by atoms with Gasteiger partial charge in [-0.25, -0.2) is 0 Å². The van der Waals surface area contributed by atoms with Gasteiger partial charge in [0.25, 0.3) is 0 Å². The SMILES string of the molecule is Cc1ccc2c(c1)N(C(=O)CCC(=O)NCCCN1CCCC1)CCO2. The fraction of sp³-hybridized carbons (Fsp3) is 0.600. The number of nitrogens with zero attached hydrogens (tertiary/aromatic N) is 2. The lowest BCUT2D eigenvalue weighted by Gasteiger charge is -2.30. The molecule has 6 nitrogen and oxygen atoms in total. The number of aryl methyl sites for hydroxylation is 1. The zero-order chi connectivity index (χ0) is 18.4. The third-order valence-electron chi connectivity index (χ3n) is 5.02. The maximum absolute atomic E-state index is 12.6. The predicted molar refractivity (Wildman–Crippen MR) is 102 cm³/mol. The summed E-state index contributed by atoms with van der Waals surface area (Å²) in [5.41, 5.74) is 1.90. The summed E-state index contributed by atoms with van der Waals surface area (Å²) in [6.07, 6.45) is 4.01. The Morgan fingerprint density at radius 3 is 2.77 bits per heavy atom. The molecule has 0 atom stereocenters. The summed E-state index contributed by atoms with van der Waals surface area (Å²) in [6.45, 7) is 7.11. The van der Waals surface area contributed by atoms with E-state index in [1.165, 1.54) is 25.9 Å². The number of ether oxygens (including phenoxy) is 1. The van der Waals surface area contributed by atoms with Crippen LogP contribution >= 0.6 is 0 Å². The number of nitrogens with one attached hydrogen (secondary N) is 1. The first kappa shape index (κ1) is 18.7. The highest BCUT2D eigenvalue weighted by Gasteiger charge is 2.24. The Morgan fingerprint density at radius 1 is 1.15 bits per heavy atom. The van der Waals surface area contributed by atoms with Crippen LogP contribution in [-0.2, 0) is 9.59 Å². The van der Waals surface area contributed by atoms with Crippen molar-refractivity contribution in [3.8, 4) is 5.75 Å². The molecule has 0 radical (unpaired) electrons. The maximum Gasteiger partial charge on any atom is 0.227 e. The number of amides is 2. The molecule has 142 valence electrons. The molecule has 0 aliphatic carbocycles. The van der Waals surface area contributed by atoms with Crippen LogP contribution in [0.4, 0.5) is 5.69 Å². The summed E-state index contributed by atoms with van der Waals surface area (Å²) in [4.78, 5) is 28.8. The molecule has 2 aliphatic heterocycles. The second-order valence-electron chi connectivity index (χ2n) is 7.12. The van der Waals surface area contributed by atoms with Gasteiger partial charge >= 0.3 is 0 Å². The molecule has 26 heavy (non-hydrogen) atoms. The lowest BCUT2D eigenvalue weighted by Crippen LogP contribution is -2.38. The minimum absolute atomic E-state index is 0.0210. The highest BCUT2D eigenvalue weighted by molar-refractivity contribution is 5.97. The van der Waals surface area contributed by atoms with Crippen LogP contribution < -0.4 is 15.0 Å². The first-order chi connectivity index (χ1) is 12.6. The molecule has 2 aliphatic rings. The smallest absolute Gasteiger partial charge is 0.227 e. The van der Waals surface area contributed by atoms with Gasteiger partial charge in [-0.3, -0.25) is 9.59 Å². The number of carbonyl (C=O) groups excluding carboxylic acids is 2. The monoisotopic (exact) mass is 359 g/mol. The zero-order valence-electron chi connectivity index (χ0n) is 15.6. The van der Waals surface area contributed by atoms with Gasteiger partial charge in [0.15, 0.2) is 0 Å². The van der Waals surface area contributed by atoms with Crippen molar-refractivity contribution in [2.24, 2.45) is 0 Å². The van der Waals surface area contributed by atoms with E-state index in [9.17, 15) is 9.59 Å². The van der Waals surface area contributed by atoms with Crippen molar-refractivity contribution >= 4 is 17.5 Å². The third-order valence-corrected chi connectivity index (χ3v) is 5.02. The van der Waals surface area contributed by atoms with Crippen LogP contribution in [0, 0.1) is 6.92 Å². The number of hydrogen-bond donors (Lipinski definition) is 1. The van der Waals surface area contributed by atoms with E-state index in [4.69, 9.17) is 4.74 Å². The zero-order valence-corrected chi connectivity index (χ0v) is 15.6. The summed E-state index contributed by atoms with van der Waals surface area (Å²) in [5.74, 6) is 0.673. The molecule has 1 fully saturated rings. The van der Waals surface area contributed by atoms with E-state index >= 15 is 0 Å². The van der Waals surface area contributed by atoms with E-state index in [-0.39, 0.29) is 24.7 Å². The van der Waals surface area contributed by atoms with Gasteiger partial charge < -0.3 is 19.9 Å². The number of benzene rings is 1. The van der Waals surface area contributed by atoms with Crippen molar-refractivity contribution < 1.29 is 14.3 Å². The van der Waals surface area contributed by atoms with Crippen LogP contribution in [0.5, 0.6) is 5.75 Å². The second kappa shape index (κ2) is 9.03. The fourth-order valence-corrected chi connectivity index (χ4v) is 3.57. The second-order valence-corrected chi connectivity index (χ2v) is 7.12. The van der Waals surface area contributed by atoms with Gasteiger partial charge in [-0.2, -0.15) is 0 Å². The molecule has 1 N–H and O–H groups in total. The first-order valence-electron chi connectivity index (χ1n) is 9.66. The van der Waals surface area contributed by atoms with Crippen LogP contribution in [0.3, 0.4) is 0 Å². The van der Waals surface area contributed by atoms with Gasteiger partial charge in [0.2, 0.25) is 11.8 Å². The summed E-state index contributed by atoms with van der Waals surface area (Å²) >= 11 is 0. The molecule has 6 heteroatoms. The average Bonchev–Trinajstić information content (AvgIpc) is 3.16. The average molecular weight is 359 g/mol. The molecule has 2 amide bonds. The van der Waals surface area contributed by atoms with Crippen LogP contribution in [0.2, 0.25) is 0 Å². The van der Waals surface area contributed by atoms with Crippen molar-refractivity contribution in [3.05, 3.63) is 23.8 Å². The van der Waals surface area contributed by atoms with Crippen molar-refractivity contribution in [1.82, 2.24) is 10.2 Å². The van der Waals surface area contributed by atoms with Crippen molar-refractivity contribution in [3.63, 3.8) is 0 Å². The highest BCUT2D eigenvalue weighted by Crippen LogP contribution is 2.32. The Labute approximate surface area is 155 Å². The van der Waals surface area contributed by atoms with Crippen LogP contribution in [0.1, 0.15) is 37.7 Å². The van der Waals surface area contributed by atoms with Crippen molar-refractivity contribution in [1.29, 1.82) is 0 Å². The standard InChI is InChI=1S/C20H29N3O3/c1-16-5-6-18-17(15-16)23(13-14-26-18)20(25)8-7-19(24)21-9-4-12-22-10-2-3-11-22/h5-6,15H,2-4,7-14H2,1H3,(H,21,24). The molecule has 0 aromatic heterocycles. The van der Waals surface area contributed by atoms with Gasteiger partial charge in [-0.15, -0.1) is 0 Å². The molecule has 3 rings (SSSR count). The number of hydrogen-bond acceptors (Lipinski definition) is 4. The van der Waals surface area contributed by atoms with Gasteiger partial charge in [0.05, 0.1) is 12.2 Å². The molecular weight excluding hydrogens is 330 g/mol. The van der Waals surface area contributed by atoms with Crippen LogP contribution in [-0.4, -0.2) is 56.0 Å². The Balaban J connectivity index is 1.40. The van der Waals surface area contributed by atoms with E-state index in [0.717, 1.165) is 30.0 Å². The van der Waals surface area contributed by atoms with Crippen LogP contribution in [0.15, 0.2) is 18.2 Å². The Hall–Kier alpha value is -2.08. The third kappa shape index (κ3) is 4.97. The number of anilines is 1. The minimum atomic E-state index is -0.0440. The molecule has 0 saturated carbocycles. The van der Waals surface area contributed by atoms with Gasteiger partial charge in [-0.1, -0.05) is 6.07 Å². The molecule has 1 saturated heterocycles. The topological polar surface area (TPSA) is 61.9 Å². The molecule has 0 spiro atoms. The van der Waals surface area contributed by atoms with Crippen molar-refractivity contribution in [2.45, 2.75) is 39.0 Å². The van der Waals surface area contributed by atoms with Gasteiger partial charge in [-0.05, 0) is 63.5 Å². The summed E-state index contributed by atoms with van der Waals surface area (Å²) < 4.78 is 5.61. The summed E-state index contributed by atoms with van der Waals surface area (Å²) in [5, 5.41) is 2.93. The van der Waals surface area contributed by atoms with E-state index < -0.39 is 0 Å². The molecular formula is C20H29N3O3. The lowest BCUT2D eigenvalue weighted by molar-refractivity contribution is -0.125. The Bertz CT molecular complexity index is 641. The summed E-state index contributed by atoms with van der Waals surface area (Å²) in [6, 6.07) is 5.84. The molecule has 1 aromatic carbocycles. The lowest BCUT2D eigenvalue weighted by atomic mass is 10.1. The number of likely N-dealkylation sites (tertiary alicyclic amines) is 1. The van der Waals surface area contributed by atoms with Crippen LogP contribution in [0.25, 0.3) is 0 Å². The number of carbonyl (C=O) groups is 2. The molecule has 2 heterocycles. The van der Waals surface area contributed by atoms with E-state index in [2.05, 4.69) is 10.2 Å². The minimum Gasteiger partial charge on any atom is -0.490 e. The Kier molecular flexibility index (Phi) is 6.50. The predicted octanol–water partition coefficient (Wildman–Crippen LogP) is 2.10. The van der Waals surface area contributed by atoms with E-state index in [1.54, 1.807) is 4.90 Å². The normalized spacial score (nSPS) is 16.9. The van der Waals surface area contributed by atoms with E-state index in [0.29, 0.717) is 19.7 Å². The molecule has 0 bridgehead atoms. The quantitative estimate of drug-likeness (QED) is 0.758.